The molecule has 13 heavy (non-hydrogen) atoms. The van der Waals surface area contributed by atoms with Crippen LogP contribution in [0.3, 0.4) is 0 Å². The van der Waals surface area contributed by atoms with Gasteiger partial charge in [0.25, 0.3) is 0 Å². The van der Waals surface area contributed by atoms with E-state index in [0.29, 0.717) is 5.75 Å². The summed E-state index contributed by atoms with van der Waals surface area (Å²) in [6.07, 6.45) is 0.119. The lowest BCUT2D eigenvalue weighted by atomic mass is 10.1. The molecule has 0 N–H and O–H groups in total. The first-order chi connectivity index (χ1) is 6.27. The van der Waals surface area contributed by atoms with Gasteiger partial charge in [-0.25, -0.2) is 0 Å². The molecular formula is C9H9ClO3. The average Bonchev–Trinajstić information content (AvgIpc) is 2.18. The molecule has 0 saturated heterocycles. The van der Waals surface area contributed by atoms with Gasteiger partial charge in [-0.15, -0.1) is 0 Å². The van der Waals surface area contributed by atoms with Crippen LogP contribution in [0, 0.1) is 0 Å². The maximum Gasteiger partial charge on any atom is 0.329 e. The van der Waals surface area contributed by atoms with Crippen LogP contribution in [0.15, 0.2) is 24.3 Å². The molecule has 0 atom stereocenters. The number of hydrogen-bond donors (Lipinski definition) is 0. The van der Waals surface area contributed by atoms with Crippen molar-refractivity contribution in [2.45, 2.75) is 6.42 Å². The zero-order valence-corrected chi connectivity index (χ0v) is 7.88. The maximum absolute atomic E-state index is 10.8. The first kappa shape index (κ1) is 9.86. The van der Waals surface area contributed by atoms with Crippen molar-refractivity contribution in [3.8, 4) is 5.75 Å². The van der Waals surface area contributed by atoms with Crippen molar-refractivity contribution in [3.63, 3.8) is 0 Å². The molecule has 0 aliphatic carbocycles. The Morgan fingerprint density at radius 3 is 2.77 bits per heavy atom. The van der Waals surface area contributed by atoms with Gasteiger partial charge in [0.15, 0.2) is 0 Å². The molecule has 4 heteroatoms. The van der Waals surface area contributed by atoms with Crippen LogP contribution in [0.5, 0.6) is 5.75 Å². The Kier molecular flexibility index (Phi) is 3.58. The normalized spacial score (nSPS) is 9.38. The number of benzene rings is 1. The third-order valence-corrected chi connectivity index (χ3v) is 1.79. The van der Waals surface area contributed by atoms with Gasteiger partial charge >= 0.3 is 5.97 Å². The Morgan fingerprint density at radius 1 is 1.46 bits per heavy atom. The Bertz CT molecular complexity index is 299. The number of methoxy groups -OCH3 is 1. The van der Waals surface area contributed by atoms with E-state index in [-0.39, 0.29) is 6.42 Å². The van der Waals surface area contributed by atoms with Gasteiger partial charge in [-0.05, 0) is 6.07 Å². The van der Waals surface area contributed by atoms with Gasteiger partial charge in [-0.2, -0.15) is 0 Å². The smallest absolute Gasteiger partial charge is 0.329 e. The van der Waals surface area contributed by atoms with Crippen molar-refractivity contribution in [2.24, 2.45) is 0 Å². The second-order valence-corrected chi connectivity index (χ2v) is 2.59. The SMILES string of the molecule is COc1ccccc1CC(=O)OCl. The number of para-hydroxylation sites is 1. The highest BCUT2D eigenvalue weighted by molar-refractivity contribution is 6.13. The van der Waals surface area contributed by atoms with Crippen molar-refractivity contribution in [3.05, 3.63) is 29.8 Å². The van der Waals surface area contributed by atoms with Gasteiger partial charge in [-0.3, -0.25) is 4.79 Å². The zero-order chi connectivity index (χ0) is 9.68. The fourth-order valence-electron chi connectivity index (χ4n) is 1.03. The second kappa shape index (κ2) is 4.72. The highest BCUT2D eigenvalue weighted by Gasteiger charge is 2.08. The fraction of sp³-hybridized carbons (Fsp3) is 0.222. The molecule has 0 amide bonds. The van der Waals surface area contributed by atoms with Crippen LogP contribution >= 0.6 is 11.9 Å². The summed E-state index contributed by atoms with van der Waals surface area (Å²) in [5.74, 6) is 0.163. The van der Waals surface area contributed by atoms with E-state index < -0.39 is 5.97 Å². The van der Waals surface area contributed by atoms with Crippen LogP contribution < -0.4 is 4.74 Å². The van der Waals surface area contributed by atoms with E-state index in [9.17, 15) is 4.79 Å². The number of ether oxygens (including phenoxy) is 1. The number of rotatable bonds is 3. The summed E-state index contributed by atoms with van der Waals surface area (Å²) in [7, 11) is 1.55. The lowest BCUT2D eigenvalue weighted by molar-refractivity contribution is -0.133. The van der Waals surface area contributed by atoms with Gasteiger partial charge < -0.3 is 9.03 Å². The van der Waals surface area contributed by atoms with E-state index in [0.717, 1.165) is 5.56 Å². The predicted octanol–water partition coefficient (Wildman–Crippen LogP) is 1.93. The van der Waals surface area contributed by atoms with E-state index >= 15 is 0 Å². The maximum atomic E-state index is 10.8. The Hall–Kier alpha value is -1.22. The monoisotopic (exact) mass is 200 g/mol. The van der Waals surface area contributed by atoms with E-state index in [2.05, 4.69) is 4.29 Å². The average molecular weight is 201 g/mol. The second-order valence-electron chi connectivity index (χ2n) is 2.44. The van der Waals surface area contributed by atoms with Crippen molar-refractivity contribution >= 4 is 17.8 Å². The van der Waals surface area contributed by atoms with E-state index in [1.54, 1.807) is 19.2 Å². The minimum atomic E-state index is -0.494. The molecular weight excluding hydrogens is 192 g/mol. The Labute approximate surface area is 81.4 Å². The quantitative estimate of drug-likeness (QED) is 0.748. The lowest BCUT2D eigenvalue weighted by Crippen LogP contribution is -2.03. The number of carbonyl (C=O) groups excluding carboxylic acids is 1. The highest BCUT2D eigenvalue weighted by Crippen LogP contribution is 2.18. The Morgan fingerprint density at radius 2 is 2.15 bits per heavy atom. The summed E-state index contributed by atoms with van der Waals surface area (Å²) in [6, 6.07) is 7.21. The van der Waals surface area contributed by atoms with E-state index in [1.165, 1.54) is 0 Å². The highest BCUT2D eigenvalue weighted by atomic mass is 35.5. The molecule has 0 aliphatic heterocycles. The Balaban J connectivity index is 2.81. The third kappa shape index (κ3) is 2.63. The number of carbonyl (C=O) groups is 1. The molecule has 1 rings (SSSR count). The summed E-state index contributed by atoms with van der Waals surface area (Å²) in [5.41, 5.74) is 0.760. The topological polar surface area (TPSA) is 35.5 Å². The third-order valence-electron chi connectivity index (χ3n) is 1.61. The van der Waals surface area contributed by atoms with Crippen molar-refractivity contribution in [1.29, 1.82) is 0 Å². The van der Waals surface area contributed by atoms with Crippen LogP contribution in [-0.4, -0.2) is 13.1 Å². The zero-order valence-electron chi connectivity index (χ0n) is 7.12. The van der Waals surface area contributed by atoms with Gasteiger partial charge in [0.1, 0.15) is 17.6 Å². The lowest BCUT2D eigenvalue weighted by Gasteiger charge is -2.05. The molecule has 0 unspecified atom stereocenters. The number of halogens is 1. The minimum Gasteiger partial charge on any atom is -0.496 e. The molecule has 0 fully saturated rings. The first-order valence-electron chi connectivity index (χ1n) is 3.71. The summed E-state index contributed by atoms with van der Waals surface area (Å²) >= 11 is 4.91. The summed E-state index contributed by atoms with van der Waals surface area (Å²) in [4.78, 5) is 10.8. The van der Waals surface area contributed by atoms with Gasteiger partial charge in [0, 0.05) is 5.56 Å². The largest absolute Gasteiger partial charge is 0.496 e. The molecule has 3 nitrogen and oxygen atoms in total. The minimum absolute atomic E-state index is 0.119. The van der Waals surface area contributed by atoms with Crippen molar-refractivity contribution in [1.82, 2.24) is 0 Å². The molecule has 0 spiro atoms. The molecule has 1 aromatic rings. The molecule has 0 radical (unpaired) electrons. The predicted molar refractivity (Wildman–Crippen MR) is 48.6 cm³/mol. The first-order valence-corrected chi connectivity index (χ1v) is 4.02. The van der Waals surface area contributed by atoms with Crippen LogP contribution in [-0.2, 0) is 15.5 Å². The summed E-state index contributed by atoms with van der Waals surface area (Å²) in [6.45, 7) is 0. The standard InChI is InChI=1S/C9H9ClO3/c1-12-8-5-3-2-4-7(8)6-9(11)13-10/h2-5H,6H2,1H3. The molecule has 0 heterocycles. The number of hydrogen-bond acceptors (Lipinski definition) is 3. The van der Waals surface area contributed by atoms with E-state index in [4.69, 9.17) is 16.6 Å². The van der Waals surface area contributed by atoms with Gasteiger partial charge in [0.2, 0.25) is 0 Å². The van der Waals surface area contributed by atoms with Crippen molar-refractivity contribution < 1.29 is 13.8 Å². The van der Waals surface area contributed by atoms with Gasteiger partial charge in [0.05, 0.1) is 13.5 Å². The van der Waals surface area contributed by atoms with Crippen LogP contribution in [0.25, 0.3) is 0 Å². The molecule has 0 bridgehead atoms. The molecule has 1 aromatic carbocycles. The van der Waals surface area contributed by atoms with Gasteiger partial charge in [-0.1, -0.05) is 18.2 Å². The molecule has 0 aromatic heterocycles. The van der Waals surface area contributed by atoms with Crippen LogP contribution in [0.4, 0.5) is 0 Å². The van der Waals surface area contributed by atoms with Crippen molar-refractivity contribution in [2.75, 3.05) is 7.11 Å². The summed E-state index contributed by atoms with van der Waals surface area (Å²) < 4.78 is 9.07. The van der Waals surface area contributed by atoms with E-state index in [1.807, 2.05) is 12.1 Å². The van der Waals surface area contributed by atoms with Crippen LogP contribution in [0.1, 0.15) is 5.56 Å². The summed E-state index contributed by atoms with van der Waals surface area (Å²) in [5, 5.41) is 0. The fourth-order valence-corrected chi connectivity index (χ4v) is 1.09. The molecule has 0 saturated carbocycles. The molecule has 0 aliphatic rings. The molecule has 70 valence electrons. The van der Waals surface area contributed by atoms with Crippen LogP contribution in [0.2, 0.25) is 0 Å².